The summed E-state index contributed by atoms with van der Waals surface area (Å²) >= 11 is 0. The summed E-state index contributed by atoms with van der Waals surface area (Å²) in [7, 11) is 0. The van der Waals surface area contributed by atoms with Crippen LogP contribution in [-0.4, -0.2) is 40.9 Å². The van der Waals surface area contributed by atoms with Gasteiger partial charge in [-0.25, -0.2) is 9.89 Å². The van der Waals surface area contributed by atoms with Crippen LogP contribution >= 0.6 is 0 Å². The summed E-state index contributed by atoms with van der Waals surface area (Å²) in [6.45, 7) is 7.52. The molecule has 0 aromatic heterocycles. The number of rotatable bonds is 3. The quantitative estimate of drug-likeness (QED) is 0.573. The van der Waals surface area contributed by atoms with Crippen molar-refractivity contribution in [1.29, 1.82) is 0 Å². The lowest BCUT2D eigenvalue weighted by Gasteiger charge is -2.52. The standard InChI is InChI=1S/C9H22N6/c1-4-9(12)14(5-2)7(10)13-8(11)15(9)6-3/h7H,4-6,10,12H2,1-3H3,(H2,11,13). The first-order valence-electron chi connectivity index (χ1n) is 5.43. The SMILES string of the molecule is CCN1C(N)=NC(N)N(CC)C1(N)CC. The molecule has 6 N–H and O–H groups in total. The largest absolute Gasteiger partial charge is 0.370 e. The number of hydrogen-bond donors (Lipinski definition) is 3. The molecule has 0 saturated heterocycles. The molecule has 0 aliphatic carbocycles. The van der Waals surface area contributed by atoms with Crippen molar-refractivity contribution in [2.75, 3.05) is 13.1 Å². The monoisotopic (exact) mass is 214 g/mol. The third-order valence-corrected chi connectivity index (χ3v) is 3.00. The first kappa shape index (κ1) is 12.2. The van der Waals surface area contributed by atoms with Crippen LogP contribution in [0.4, 0.5) is 0 Å². The van der Waals surface area contributed by atoms with Gasteiger partial charge >= 0.3 is 0 Å². The third-order valence-electron chi connectivity index (χ3n) is 3.00. The maximum absolute atomic E-state index is 6.36. The maximum atomic E-state index is 6.36. The molecule has 0 aromatic carbocycles. The second-order valence-corrected chi connectivity index (χ2v) is 3.66. The highest BCUT2D eigenvalue weighted by molar-refractivity contribution is 5.79. The highest BCUT2D eigenvalue weighted by Crippen LogP contribution is 2.23. The predicted octanol–water partition coefficient (Wildman–Crippen LogP) is -0.777. The summed E-state index contributed by atoms with van der Waals surface area (Å²) in [5, 5.41) is 0. The van der Waals surface area contributed by atoms with E-state index in [1.807, 2.05) is 30.6 Å². The van der Waals surface area contributed by atoms with Crippen molar-refractivity contribution in [3.05, 3.63) is 0 Å². The van der Waals surface area contributed by atoms with Crippen LogP contribution in [0.25, 0.3) is 0 Å². The van der Waals surface area contributed by atoms with Gasteiger partial charge in [-0.1, -0.05) is 13.8 Å². The second-order valence-electron chi connectivity index (χ2n) is 3.66. The lowest BCUT2D eigenvalue weighted by Crippen LogP contribution is -2.75. The molecule has 0 spiro atoms. The normalized spacial score (nSPS) is 33.0. The molecule has 1 aliphatic rings. The van der Waals surface area contributed by atoms with Crippen LogP contribution in [0, 0.1) is 0 Å². The molecule has 0 aromatic rings. The van der Waals surface area contributed by atoms with E-state index in [0.717, 1.165) is 19.5 Å². The maximum Gasteiger partial charge on any atom is 0.196 e. The Bertz CT molecular complexity index is 253. The Balaban J connectivity index is 3.11. The van der Waals surface area contributed by atoms with Gasteiger partial charge in [-0.3, -0.25) is 11.5 Å². The zero-order valence-electron chi connectivity index (χ0n) is 9.77. The number of aliphatic imine (C=N–C) groups is 1. The van der Waals surface area contributed by atoms with Crippen LogP contribution in [0.5, 0.6) is 0 Å². The molecular formula is C9H22N6. The molecule has 2 unspecified atom stereocenters. The summed E-state index contributed by atoms with van der Waals surface area (Å²) in [6, 6.07) is 0. The van der Waals surface area contributed by atoms with Gasteiger partial charge in [-0.05, 0) is 13.3 Å². The summed E-state index contributed by atoms with van der Waals surface area (Å²) in [4.78, 5) is 8.01. The van der Waals surface area contributed by atoms with E-state index in [0.29, 0.717) is 5.96 Å². The number of hydrogen-bond acceptors (Lipinski definition) is 6. The minimum Gasteiger partial charge on any atom is -0.370 e. The Labute approximate surface area is 91.1 Å². The van der Waals surface area contributed by atoms with Gasteiger partial charge in [0.15, 0.2) is 18.0 Å². The molecule has 1 rings (SSSR count). The fourth-order valence-electron chi connectivity index (χ4n) is 2.15. The van der Waals surface area contributed by atoms with Crippen molar-refractivity contribution < 1.29 is 0 Å². The summed E-state index contributed by atoms with van der Waals surface area (Å²) in [5.41, 5.74) is 18.1. The molecule has 2 atom stereocenters. The van der Waals surface area contributed by atoms with E-state index in [1.54, 1.807) is 0 Å². The van der Waals surface area contributed by atoms with Crippen molar-refractivity contribution in [3.8, 4) is 0 Å². The number of nitrogens with two attached hydrogens (primary N) is 3. The van der Waals surface area contributed by atoms with E-state index >= 15 is 0 Å². The van der Waals surface area contributed by atoms with E-state index in [2.05, 4.69) is 4.99 Å². The smallest absolute Gasteiger partial charge is 0.196 e. The van der Waals surface area contributed by atoms with Gasteiger partial charge in [0.25, 0.3) is 0 Å². The average molecular weight is 214 g/mol. The van der Waals surface area contributed by atoms with Crippen molar-refractivity contribution in [3.63, 3.8) is 0 Å². The molecule has 88 valence electrons. The van der Waals surface area contributed by atoms with E-state index in [1.165, 1.54) is 0 Å². The van der Waals surface area contributed by atoms with Crippen molar-refractivity contribution in [2.45, 2.75) is 39.3 Å². The lowest BCUT2D eigenvalue weighted by atomic mass is 10.1. The van der Waals surface area contributed by atoms with Gasteiger partial charge in [-0.2, -0.15) is 0 Å². The average Bonchev–Trinajstić information content (AvgIpc) is 2.18. The molecule has 0 amide bonds. The van der Waals surface area contributed by atoms with Gasteiger partial charge in [0.2, 0.25) is 0 Å². The Morgan fingerprint density at radius 1 is 1.33 bits per heavy atom. The fraction of sp³-hybridized carbons (Fsp3) is 0.889. The van der Waals surface area contributed by atoms with Crippen molar-refractivity contribution in [1.82, 2.24) is 9.80 Å². The minimum atomic E-state index is -0.616. The number of nitrogens with zero attached hydrogens (tertiary/aromatic N) is 3. The van der Waals surface area contributed by atoms with Crippen LogP contribution in [-0.2, 0) is 0 Å². The first-order valence-corrected chi connectivity index (χ1v) is 5.43. The van der Waals surface area contributed by atoms with Gasteiger partial charge < -0.3 is 10.6 Å². The summed E-state index contributed by atoms with van der Waals surface area (Å²) < 4.78 is 0. The Kier molecular flexibility index (Phi) is 3.54. The van der Waals surface area contributed by atoms with Crippen LogP contribution < -0.4 is 17.2 Å². The number of guanidine groups is 1. The van der Waals surface area contributed by atoms with E-state index in [-0.39, 0.29) is 0 Å². The zero-order chi connectivity index (χ0) is 11.6. The Morgan fingerprint density at radius 2 is 1.93 bits per heavy atom. The van der Waals surface area contributed by atoms with Crippen LogP contribution in [0.1, 0.15) is 27.2 Å². The van der Waals surface area contributed by atoms with Crippen molar-refractivity contribution in [2.24, 2.45) is 22.2 Å². The predicted molar refractivity (Wildman–Crippen MR) is 61.6 cm³/mol. The van der Waals surface area contributed by atoms with Crippen LogP contribution in [0.2, 0.25) is 0 Å². The van der Waals surface area contributed by atoms with Crippen molar-refractivity contribution >= 4 is 5.96 Å². The Hall–Kier alpha value is -0.850. The molecule has 1 aliphatic heterocycles. The molecule has 0 fully saturated rings. The summed E-state index contributed by atoms with van der Waals surface area (Å²) in [5.74, 6) is -0.187. The van der Waals surface area contributed by atoms with Gasteiger partial charge in [0.1, 0.15) is 0 Å². The van der Waals surface area contributed by atoms with E-state index in [4.69, 9.17) is 17.2 Å². The molecule has 6 nitrogen and oxygen atoms in total. The van der Waals surface area contributed by atoms with Gasteiger partial charge in [-0.15, -0.1) is 0 Å². The Morgan fingerprint density at radius 3 is 2.33 bits per heavy atom. The minimum absolute atomic E-state index is 0.430. The molecule has 15 heavy (non-hydrogen) atoms. The molecule has 0 saturated carbocycles. The molecule has 0 bridgehead atoms. The third kappa shape index (κ3) is 1.80. The second kappa shape index (κ2) is 4.34. The topological polar surface area (TPSA) is 96.9 Å². The van der Waals surface area contributed by atoms with Crippen LogP contribution in [0.3, 0.4) is 0 Å². The van der Waals surface area contributed by atoms with Gasteiger partial charge in [0, 0.05) is 13.1 Å². The van der Waals surface area contributed by atoms with E-state index in [9.17, 15) is 0 Å². The van der Waals surface area contributed by atoms with E-state index < -0.39 is 12.1 Å². The van der Waals surface area contributed by atoms with Gasteiger partial charge in [0.05, 0.1) is 0 Å². The molecule has 1 heterocycles. The lowest BCUT2D eigenvalue weighted by molar-refractivity contribution is -0.0536. The zero-order valence-corrected chi connectivity index (χ0v) is 9.77. The highest BCUT2D eigenvalue weighted by atomic mass is 15.6. The first-order chi connectivity index (χ1) is 7.01. The molecule has 6 heteroatoms. The van der Waals surface area contributed by atoms with Crippen LogP contribution in [0.15, 0.2) is 4.99 Å². The highest BCUT2D eigenvalue weighted by Gasteiger charge is 2.42. The molecule has 0 radical (unpaired) electrons. The fourth-order valence-corrected chi connectivity index (χ4v) is 2.15. The molecular weight excluding hydrogens is 192 g/mol. The summed E-state index contributed by atoms with van der Waals surface area (Å²) in [6.07, 6.45) is 0.307.